The van der Waals surface area contributed by atoms with Crippen molar-refractivity contribution in [3.63, 3.8) is 0 Å². The summed E-state index contributed by atoms with van der Waals surface area (Å²) in [6, 6.07) is 2.35. The second-order valence-electron chi connectivity index (χ2n) is 10.8. The zero-order valence-electron chi connectivity index (χ0n) is 23.4. The van der Waals surface area contributed by atoms with Gasteiger partial charge in [-0.2, -0.15) is 18.2 Å². The summed E-state index contributed by atoms with van der Waals surface area (Å²) in [6.45, 7) is 3.49. The molecule has 0 amide bonds. The molecule has 4 rings (SSSR count). The highest BCUT2D eigenvalue weighted by atomic mass is 32.2. The minimum atomic E-state index is -4.70. The van der Waals surface area contributed by atoms with Gasteiger partial charge in [-0.25, -0.2) is 27.2 Å². The van der Waals surface area contributed by atoms with Crippen LogP contribution in [0, 0.1) is 5.82 Å². The van der Waals surface area contributed by atoms with Crippen molar-refractivity contribution >= 4 is 32.8 Å². The third kappa shape index (κ3) is 7.32. The first kappa shape index (κ1) is 31.5. The van der Waals surface area contributed by atoms with E-state index in [1.165, 1.54) is 16.8 Å². The number of alkyl halides is 4. The molecule has 1 aliphatic rings. The van der Waals surface area contributed by atoms with Crippen molar-refractivity contribution in [3.8, 4) is 11.3 Å². The van der Waals surface area contributed by atoms with E-state index in [9.17, 15) is 35.2 Å². The number of anilines is 2. The molecule has 3 aromatic rings. The second-order valence-corrected chi connectivity index (χ2v) is 12.7. The molecule has 16 heteroatoms. The Bertz CT molecular complexity index is 1610. The average molecular weight is 618 g/mol. The quantitative estimate of drug-likeness (QED) is 0.337. The first-order valence-corrected chi connectivity index (χ1v) is 14.9. The highest BCUT2D eigenvalue weighted by Gasteiger charge is 2.32. The predicted octanol–water partition coefficient (Wildman–Crippen LogP) is 4.50. The molecule has 230 valence electrons. The molecule has 1 aromatic carbocycles. The summed E-state index contributed by atoms with van der Waals surface area (Å²) in [6.07, 6.45) is -4.27. The number of benzene rings is 1. The molecule has 10 nitrogen and oxygen atoms in total. The zero-order chi connectivity index (χ0) is 31.0. The Morgan fingerprint density at radius 1 is 1.17 bits per heavy atom. The highest BCUT2D eigenvalue weighted by Crippen LogP contribution is 2.28. The third-order valence-corrected chi connectivity index (χ3v) is 8.32. The maximum absolute atomic E-state index is 14.9. The Kier molecular flexibility index (Phi) is 9.06. The largest absolute Gasteiger partial charge is 0.390 e. The standard InChI is InChI=1S/C26H32F5N7O3S/c1-14(2)38-23-20(13-32-25(35-23)33-16-6-8-21(37(3)4)18(28)12-16)34-22(24(38)39)15-5-7-19(17(27)11-15)36-42(40,41)10-9-26(29,30)31/h5,7,11,13-14,16,18,21,36H,6,8-10,12H2,1-4H3,(H,32,33,35). The zero-order valence-corrected chi connectivity index (χ0v) is 24.2. The number of fused-ring (bicyclic) bond motifs is 1. The predicted molar refractivity (Wildman–Crippen MR) is 149 cm³/mol. The van der Waals surface area contributed by atoms with Crippen LogP contribution in [0.3, 0.4) is 0 Å². The van der Waals surface area contributed by atoms with Crippen molar-refractivity contribution in [1.29, 1.82) is 0 Å². The minimum Gasteiger partial charge on any atom is -0.351 e. The Hall–Kier alpha value is -3.40. The lowest BCUT2D eigenvalue weighted by molar-refractivity contribution is -0.129. The maximum Gasteiger partial charge on any atom is 0.390 e. The van der Waals surface area contributed by atoms with Crippen molar-refractivity contribution in [3.05, 3.63) is 40.6 Å². The lowest BCUT2D eigenvalue weighted by Crippen LogP contribution is -2.44. The Labute approximate surface area is 239 Å². The van der Waals surface area contributed by atoms with Crippen molar-refractivity contribution in [1.82, 2.24) is 24.4 Å². The fourth-order valence-electron chi connectivity index (χ4n) is 4.95. The molecule has 0 spiro atoms. The van der Waals surface area contributed by atoms with E-state index in [1.807, 2.05) is 19.0 Å². The minimum absolute atomic E-state index is 0.0147. The number of rotatable bonds is 9. The topological polar surface area (TPSA) is 122 Å². The van der Waals surface area contributed by atoms with Gasteiger partial charge in [-0.1, -0.05) is 6.07 Å². The number of hydrogen-bond donors (Lipinski definition) is 2. The van der Waals surface area contributed by atoms with Crippen LogP contribution in [-0.2, 0) is 10.0 Å². The third-order valence-electron chi connectivity index (χ3n) is 7.05. The van der Waals surface area contributed by atoms with Crippen LogP contribution in [-0.4, -0.2) is 77.1 Å². The normalized spacial score (nSPS) is 19.9. The number of aromatic nitrogens is 4. The Morgan fingerprint density at radius 2 is 1.88 bits per heavy atom. The van der Waals surface area contributed by atoms with Crippen molar-refractivity contribution in [2.75, 3.05) is 29.9 Å². The number of halogens is 5. The van der Waals surface area contributed by atoms with Gasteiger partial charge in [-0.05, 0) is 52.9 Å². The van der Waals surface area contributed by atoms with Crippen molar-refractivity contribution in [2.45, 2.75) is 70.0 Å². The number of hydrogen-bond acceptors (Lipinski definition) is 8. The molecule has 3 unspecified atom stereocenters. The van der Waals surface area contributed by atoms with Gasteiger partial charge in [-0.15, -0.1) is 0 Å². The summed E-state index contributed by atoms with van der Waals surface area (Å²) in [5, 5.41) is 3.15. The van der Waals surface area contributed by atoms with Gasteiger partial charge in [0.1, 0.15) is 23.2 Å². The number of sulfonamides is 1. The van der Waals surface area contributed by atoms with Crippen LogP contribution in [0.4, 0.5) is 33.6 Å². The molecule has 42 heavy (non-hydrogen) atoms. The van der Waals surface area contributed by atoms with Gasteiger partial charge in [0.15, 0.2) is 5.65 Å². The van der Waals surface area contributed by atoms with E-state index in [0.29, 0.717) is 12.8 Å². The van der Waals surface area contributed by atoms with Gasteiger partial charge in [0, 0.05) is 30.1 Å². The van der Waals surface area contributed by atoms with Crippen LogP contribution in [0.25, 0.3) is 22.4 Å². The van der Waals surface area contributed by atoms with Crippen molar-refractivity contribution < 1.29 is 30.4 Å². The van der Waals surface area contributed by atoms with E-state index >= 15 is 0 Å². The first-order valence-electron chi connectivity index (χ1n) is 13.3. The lowest BCUT2D eigenvalue weighted by Gasteiger charge is -2.35. The van der Waals surface area contributed by atoms with E-state index in [-0.39, 0.29) is 46.9 Å². The van der Waals surface area contributed by atoms with E-state index in [4.69, 9.17) is 0 Å². The van der Waals surface area contributed by atoms with Gasteiger partial charge in [0.25, 0.3) is 5.56 Å². The van der Waals surface area contributed by atoms with E-state index < -0.39 is 57.7 Å². The highest BCUT2D eigenvalue weighted by molar-refractivity contribution is 7.92. The molecule has 2 heterocycles. The van der Waals surface area contributed by atoms with E-state index in [2.05, 4.69) is 20.3 Å². The van der Waals surface area contributed by atoms with Crippen LogP contribution in [0.15, 0.2) is 29.2 Å². The molecule has 0 saturated heterocycles. The van der Waals surface area contributed by atoms with Gasteiger partial charge in [0.2, 0.25) is 16.0 Å². The van der Waals surface area contributed by atoms with Gasteiger partial charge in [0.05, 0.1) is 24.1 Å². The summed E-state index contributed by atoms with van der Waals surface area (Å²) < 4.78 is 94.0. The molecule has 0 aliphatic heterocycles. The van der Waals surface area contributed by atoms with E-state index in [1.54, 1.807) is 18.6 Å². The SMILES string of the molecule is CC(C)n1c(=O)c(-c2ccc(NS(=O)(=O)CCC(F)(F)F)c(F)c2)nc2cnc(NC3CCC(N(C)C)C(F)C3)nc21. The van der Waals surface area contributed by atoms with Crippen molar-refractivity contribution in [2.24, 2.45) is 0 Å². The fourth-order valence-corrected chi connectivity index (χ4v) is 6.05. The lowest BCUT2D eigenvalue weighted by atomic mass is 9.89. The molecule has 3 atom stereocenters. The Morgan fingerprint density at radius 3 is 2.48 bits per heavy atom. The average Bonchev–Trinajstić information content (AvgIpc) is 2.87. The molecule has 1 saturated carbocycles. The van der Waals surface area contributed by atoms with Crippen LogP contribution >= 0.6 is 0 Å². The monoisotopic (exact) mass is 617 g/mol. The molecule has 1 fully saturated rings. The fraction of sp³-hybridized carbons (Fsp3) is 0.538. The number of nitrogens with one attached hydrogen (secondary N) is 2. The molecule has 0 radical (unpaired) electrons. The molecule has 1 aliphatic carbocycles. The molecule has 2 aromatic heterocycles. The molecule has 0 bridgehead atoms. The summed E-state index contributed by atoms with van der Waals surface area (Å²) in [5.41, 5.74) is -0.880. The van der Waals surface area contributed by atoms with E-state index in [0.717, 1.165) is 12.1 Å². The summed E-state index contributed by atoms with van der Waals surface area (Å²) in [5.74, 6) is -2.17. The molecule has 2 N–H and O–H groups in total. The smallest absolute Gasteiger partial charge is 0.351 e. The van der Waals surface area contributed by atoms with Gasteiger partial charge >= 0.3 is 6.18 Å². The number of nitrogens with zero attached hydrogens (tertiary/aromatic N) is 5. The second kappa shape index (κ2) is 12.1. The summed E-state index contributed by atoms with van der Waals surface area (Å²) >= 11 is 0. The first-order chi connectivity index (χ1) is 19.5. The summed E-state index contributed by atoms with van der Waals surface area (Å²) in [7, 11) is -0.796. The Balaban J connectivity index is 1.62. The van der Waals surface area contributed by atoms with Crippen LogP contribution in [0.2, 0.25) is 0 Å². The van der Waals surface area contributed by atoms with Gasteiger partial charge in [-0.3, -0.25) is 14.1 Å². The summed E-state index contributed by atoms with van der Waals surface area (Å²) in [4.78, 5) is 28.5. The van der Waals surface area contributed by atoms with Crippen LogP contribution in [0.5, 0.6) is 0 Å². The van der Waals surface area contributed by atoms with Crippen LogP contribution < -0.4 is 15.6 Å². The molecular weight excluding hydrogens is 585 g/mol. The molecular formula is C26H32F5N7O3S. The maximum atomic E-state index is 14.9. The van der Waals surface area contributed by atoms with Gasteiger partial charge < -0.3 is 10.2 Å². The van der Waals surface area contributed by atoms with Crippen LogP contribution in [0.1, 0.15) is 45.6 Å².